The highest BCUT2D eigenvalue weighted by atomic mass is 19.4. The number of amidine groups is 2. The number of halogens is 6. The van der Waals surface area contributed by atoms with Crippen molar-refractivity contribution in [2.75, 3.05) is 42.3 Å². The molecular formula is C60H64F6N10O6. The van der Waals surface area contributed by atoms with Crippen molar-refractivity contribution in [3.05, 3.63) is 201 Å². The summed E-state index contributed by atoms with van der Waals surface area (Å²) < 4.78 is 68.7. The summed E-state index contributed by atoms with van der Waals surface area (Å²) in [6, 6.07) is 48.0. The van der Waals surface area contributed by atoms with Crippen LogP contribution < -0.4 is 41.3 Å². The second-order valence-electron chi connectivity index (χ2n) is 20.8. The number of rotatable bonds is 14. The van der Waals surface area contributed by atoms with E-state index >= 15 is 0 Å². The average molecular weight is 1140 g/mol. The lowest BCUT2D eigenvalue weighted by Crippen LogP contribution is -2.37. The van der Waals surface area contributed by atoms with Crippen LogP contribution in [-0.2, 0) is 35.8 Å². The molecule has 0 saturated carbocycles. The van der Waals surface area contributed by atoms with Crippen LogP contribution in [-0.4, -0.2) is 99.2 Å². The number of hydrogen-bond donors (Lipinski definition) is 6. The number of hydrogen-bond acceptors (Lipinski definition) is 8. The van der Waals surface area contributed by atoms with Gasteiger partial charge < -0.3 is 51.0 Å². The van der Waals surface area contributed by atoms with Gasteiger partial charge in [0.25, 0.3) is 11.8 Å². The number of aromatic nitrogens is 2. The molecule has 16 nitrogen and oxygen atoms in total. The second kappa shape index (κ2) is 26.3. The van der Waals surface area contributed by atoms with Crippen molar-refractivity contribution in [2.45, 2.75) is 52.4 Å². The van der Waals surface area contributed by atoms with Crippen LogP contribution in [0, 0.1) is 24.7 Å². The van der Waals surface area contributed by atoms with Crippen molar-refractivity contribution in [3.8, 4) is 0 Å². The fraction of sp³-hybridized carbons (Fsp3) is 0.233. The van der Waals surface area contributed by atoms with Crippen LogP contribution in [0.4, 0.5) is 37.7 Å². The number of carboxylic acids is 2. The van der Waals surface area contributed by atoms with Crippen LogP contribution >= 0.6 is 0 Å². The molecule has 0 aliphatic heterocycles. The first-order valence-corrected chi connectivity index (χ1v) is 25.1. The number of aliphatic carboxylic acids is 2. The van der Waals surface area contributed by atoms with Gasteiger partial charge >= 0.3 is 12.4 Å². The number of nitrogen functional groups attached to an aromatic ring is 2. The Labute approximate surface area is 470 Å². The van der Waals surface area contributed by atoms with Gasteiger partial charge in [0, 0.05) is 59.1 Å². The normalized spacial score (nSPS) is 11.5. The van der Waals surface area contributed by atoms with Crippen LogP contribution in [0.15, 0.2) is 146 Å². The van der Waals surface area contributed by atoms with Gasteiger partial charge in [0.2, 0.25) is 0 Å². The van der Waals surface area contributed by atoms with Crippen LogP contribution in [0.5, 0.6) is 0 Å². The van der Waals surface area contributed by atoms with E-state index < -0.39 is 24.3 Å². The summed E-state index contributed by atoms with van der Waals surface area (Å²) in [5.41, 5.74) is 24.7. The van der Waals surface area contributed by atoms with E-state index in [2.05, 4.69) is 127 Å². The zero-order chi connectivity index (χ0) is 61.1. The van der Waals surface area contributed by atoms with Crippen molar-refractivity contribution in [1.29, 1.82) is 10.8 Å². The van der Waals surface area contributed by atoms with Gasteiger partial charge in [-0.25, -0.2) is 0 Å². The summed E-state index contributed by atoms with van der Waals surface area (Å²) >= 11 is 0. The number of alkyl halides is 6. The molecule has 0 bridgehead atoms. The third kappa shape index (κ3) is 17.4. The topological polar surface area (TPSA) is 248 Å². The summed E-state index contributed by atoms with van der Waals surface area (Å²) in [5.74, 6) is -6.18. The van der Waals surface area contributed by atoms with Crippen LogP contribution in [0.1, 0.15) is 65.5 Å². The quantitative estimate of drug-likeness (QED) is 0.0276. The molecular weight excluding hydrogens is 1070 g/mol. The minimum absolute atomic E-state index is 0.0318. The van der Waals surface area contributed by atoms with Crippen LogP contribution in [0.3, 0.4) is 0 Å². The molecule has 0 aliphatic rings. The SMILES string of the molecule is Cc1cccc2c1cc(C(=O)NCc1ccc([N+](C)(C)C)cc1)n2Cc1cccc(C(=N)N)c1.Cc1cccc2c1cc(C(=O)NCc1ccc([N+](C)(C)C)cc1)n2Cc1cccc(C(=N)N)c1.O=C([O-])C(F)(F)F.O=C([O-])C(F)(F)F. The van der Waals surface area contributed by atoms with E-state index in [-0.39, 0.29) is 23.5 Å². The van der Waals surface area contributed by atoms with E-state index in [1.165, 1.54) is 11.4 Å². The largest absolute Gasteiger partial charge is 0.542 e. The van der Waals surface area contributed by atoms with Crippen LogP contribution in [0.2, 0.25) is 0 Å². The lowest BCUT2D eigenvalue weighted by Gasteiger charge is -2.23. The van der Waals surface area contributed by atoms with E-state index in [9.17, 15) is 35.9 Å². The van der Waals surface area contributed by atoms with Crippen molar-refractivity contribution in [1.82, 2.24) is 28.7 Å². The number of nitrogens with two attached hydrogens (primary N) is 2. The molecule has 6 aromatic carbocycles. The summed E-state index contributed by atoms with van der Waals surface area (Å²) in [5, 5.41) is 41.3. The Bertz CT molecular complexity index is 3380. The number of carbonyl (C=O) groups is 4. The molecule has 8 rings (SSSR count). The molecule has 0 fully saturated rings. The third-order valence-corrected chi connectivity index (χ3v) is 12.7. The molecule has 0 saturated heterocycles. The highest BCUT2D eigenvalue weighted by molar-refractivity contribution is 6.01. The number of carbonyl (C=O) groups excluding carboxylic acids is 4. The number of benzene rings is 6. The van der Waals surface area contributed by atoms with Gasteiger partial charge in [-0.05, 0) is 108 Å². The summed E-state index contributed by atoms with van der Waals surface area (Å²) in [6.07, 6.45) is -10.4. The lowest BCUT2D eigenvalue weighted by atomic mass is 10.1. The van der Waals surface area contributed by atoms with E-state index in [4.69, 9.17) is 42.1 Å². The molecule has 2 amide bonds. The number of quaternary nitrogens is 2. The van der Waals surface area contributed by atoms with Gasteiger partial charge in [0.15, 0.2) is 0 Å². The van der Waals surface area contributed by atoms with E-state index in [0.717, 1.165) is 64.2 Å². The summed E-state index contributed by atoms with van der Waals surface area (Å²) in [7, 11) is 12.8. The maximum absolute atomic E-state index is 13.3. The fourth-order valence-corrected chi connectivity index (χ4v) is 8.29. The predicted octanol–water partition coefficient (Wildman–Crippen LogP) is 7.41. The Morgan fingerprint density at radius 3 is 1.07 bits per heavy atom. The maximum atomic E-state index is 13.3. The first-order chi connectivity index (χ1) is 38.1. The van der Waals surface area contributed by atoms with Crippen molar-refractivity contribution in [3.63, 3.8) is 0 Å². The summed E-state index contributed by atoms with van der Waals surface area (Å²) in [4.78, 5) is 44.2. The number of aryl methyl sites for hydroxylation is 2. The van der Waals surface area contributed by atoms with Crippen molar-refractivity contribution < 1.29 is 55.7 Å². The Hall–Kier alpha value is -9.28. The first kappa shape index (κ1) is 63.6. The third-order valence-electron chi connectivity index (χ3n) is 12.7. The monoisotopic (exact) mass is 1130 g/mol. The highest BCUT2D eigenvalue weighted by Gasteiger charge is 2.29. The molecule has 8 aromatic rings. The van der Waals surface area contributed by atoms with Gasteiger partial charge in [0.1, 0.15) is 46.4 Å². The minimum Gasteiger partial charge on any atom is -0.542 e. The highest BCUT2D eigenvalue weighted by Crippen LogP contribution is 2.28. The molecule has 0 atom stereocenters. The van der Waals surface area contributed by atoms with E-state index in [1.54, 1.807) is 0 Å². The van der Waals surface area contributed by atoms with E-state index in [0.29, 0.717) is 48.7 Å². The lowest BCUT2D eigenvalue weighted by molar-refractivity contribution is -0.344. The standard InChI is InChI=1S/2C28H31N5O.2C2HF3O2/c2*1-19-7-5-10-25-24(19)16-26(32(25)18-21-8-6-9-22(15-21)27(29)30)28(34)31-17-20-11-13-23(14-12-20)33(2,3)4;2*3-2(4,5)1(6)7/h2*5-16H,17-18H2,1-4H3,(H3-,29,30,31,34);2*(H,6,7). The number of carboxylic acid groups (broad SMARTS) is 2. The number of amides is 2. The molecule has 82 heavy (non-hydrogen) atoms. The maximum Gasteiger partial charge on any atom is 0.430 e. The van der Waals surface area contributed by atoms with Gasteiger partial charge in [-0.1, -0.05) is 84.9 Å². The first-order valence-electron chi connectivity index (χ1n) is 25.1. The zero-order valence-corrected chi connectivity index (χ0v) is 46.3. The number of nitrogens with zero attached hydrogens (tertiary/aromatic N) is 4. The average Bonchev–Trinajstić information content (AvgIpc) is 4.22. The van der Waals surface area contributed by atoms with Gasteiger partial charge in [-0.2, -0.15) is 26.3 Å². The zero-order valence-electron chi connectivity index (χ0n) is 46.3. The van der Waals surface area contributed by atoms with E-state index in [1.807, 2.05) is 94.1 Å². The van der Waals surface area contributed by atoms with Crippen molar-refractivity contribution >= 4 is 68.6 Å². The Kier molecular flexibility index (Phi) is 20.4. The molecule has 0 radical (unpaired) electrons. The Balaban J connectivity index is 0.000000244. The van der Waals surface area contributed by atoms with Gasteiger partial charge in [-0.15, -0.1) is 0 Å². The Morgan fingerprint density at radius 2 is 0.793 bits per heavy atom. The molecule has 22 heteroatoms. The van der Waals surface area contributed by atoms with Gasteiger partial charge in [0.05, 0.1) is 42.3 Å². The molecule has 0 unspecified atom stereocenters. The molecule has 2 aromatic heterocycles. The molecule has 0 spiro atoms. The Morgan fingerprint density at radius 1 is 0.488 bits per heavy atom. The molecule has 432 valence electrons. The molecule has 8 N–H and O–H groups in total. The smallest absolute Gasteiger partial charge is 0.430 e. The fourth-order valence-electron chi connectivity index (χ4n) is 8.29. The molecule has 0 aliphatic carbocycles. The van der Waals surface area contributed by atoms with Crippen molar-refractivity contribution in [2.24, 2.45) is 11.5 Å². The van der Waals surface area contributed by atoms with Gasteiger partial charge in [-0.3, -0.25) is 29.4 Å². The minimum atomic E-state index is -5.19. The number of nitrogens with one attached hydrogen (secondary N) is 4. The predicted molar refractivity (Wildman–Crippen MR) is 303 cm³/mol. The second-order valence-corrected chi connectivity index (χ2v) is 20.8. The summed E-state index contributed by atoms with van der Waals surface area (Å²) in [6.45, 7) is 6.04. The molecule has 2 heterocycles. The number of fused-ring (bicyclic) bond motifs is 2. The van der Waals surface area contributed by atoms with Crippen LogP contribution in [0.25, 0.3) is 21.8 Å².